The summed E-state index contributed by atoms with van der Waals surface area (Å²) in [6.45, 7) is 6.27. The van der Waals surface area contributed by atoms with Crippen LogP contribution >= 0.6 is 0 Å². The zero-order chi connectivity index (χ0) is 24.6. The highest BCUT2D eigenvalue weighted by atomic mass is 16.5. The highest BCUT2D eigenvalue weighted by Gasteiger charge is 2.27. The molecule has 7 heteroatoms. The number of carboxylic acids is 1. The Morgan fingerprint density at radius 1 is 1.31 bits per heavy atom. The number of nitrogens with one attached hydrogen (secondary N) is 1. The summed E-state index contributed by atoms with van der Waals surface area (Å²) in [6, 6.07) is 12.3. The molecule has 0 amide bonds. The summed E-state index contributed by atoms with van der Waals surface area (Å²) in [5.41, 5.74) is 3.52. The second kappa shape index (κ2) is 12.4. The van der Waals surface area contributed by atoms with Gasteiger partial charge in [-0.3, -0.25) is 4.79 Å². The summed E-state index contributed by atoms with van der Waals surface area (Å²) in [6.07, 6.45) is 5.61. The number of likely N-dealkylation sites (tertiary alicyclic amines) is 1. The standard InChI is InChI=1S/C28H39N3O4/c1-20(19-34-2)35-26-7-3-5-23(15-26)24(16-27(32)33)18-31-14-12-21(17-31)8-10-25-11-9-22-6-4-13-29-28(22)30-25/h3,5,7,9,11,15,20-21,24H,4,6,8,10,12-14,16-19H2,1-2H3,(H,29,30)(H,32,33)/t20-,21-,24?/m1/s1. The van der Waals surface area contributed by atoms with Crippen molar-refractivity contribution in [3.63, 3.8) is 0 Å². The molecule has 2 aliphatic heterocycles. The van der Waals surface area contributed by atoms with Gasteiger partial charge in [0, 0.05) is 38.4 Å². The first-order chi connectivity index (χ1) is 17.0. The lowest BCUT2D eigenvalue weighted by molar-refractivity contribution is -0.137. The topological polar surface area (TPSA) is 83.9 Å². The largest absolute Gasteiger partial charge is 0.488 e. The number of carbonyl (C=O) groups is 1. The molecule has 2 N–H and O–H groups in total. The Morgan fingerprint density at radius 3 is 3.03 bits per heavy atom. The Balaban J connectivity index is 1.32. The van der Waals surface area contributed by atoms with Gasteiger partial charge in [0.25, 0.3) is 0 Å². The lowest BCUT2D eigenvalue weighted by Crippen LogP contribution is -2.28. The maximum atomic E-state index is 11.7. The van der Waals surface area contributed by atoms with Crippen LogP contribution in [0, 0.1) is 5.92 Å². The molecule has 0 bridgehead atoms. The highest BCUT2D eigenvalue weighted by molar-refractivity contribution is 5.68. The van der Waals surface area contributed by atoms with Gasteiger partial charge in [-0.2, -0.15) is 0 Å². The van der Waals surface area contributed by atoms with E-state index in [9.17, 15) is 9.90 Å². The Morgan fingerprint density at radius 2 is 2.20 bits per heavy atom. The predicted octanol–water partition coefficient (Wildman–Crippen LogP) is 4.37. The van der Waals surface area contributed by atoms with E-state index < -0.39 is 5.97 Å². The van der Waals surface area contributed by atoms with E-state index in [4.69, 9.17) is 14.5 Å². The summed E-state index contributed by atoms with van der Waals surface area (Å²) >= 11 is 0. The van der Waals surface area contributed by atoms with E-state index >= 15 is 0 Å². The van der Waals surface area contributed by atoms with Gasteiger partial charge in [-0.25, -0.2) is 4.98 Å². The third-order valence-corrected chi connectivity index (χ3v) is 7.10. The van der Waals surface area contributed by atoms with E-state index in [1.807, 2.05) is 31.2 Å². The molecule has 1 unspecified atom stereocenters. The number of rotatable bonds is 12. The van der Waals surface area contributed by atoms with E-state index in [1.165, 1.54) is 17.7 Å². The molecule has 0 saturated carbocycles. The molecule has 0 aliphatic carbocycles. The summed E-state index contributed by atoms with van der Waals surface area (Å²) in [5, 5.41) is 13.0. The minimum absolute atomic E-state index is 0.0621. The van der Waals surface area contributed by atoms with Crippen molar-refractivity contribution < 1.29 is 19.4 Å². The van der Waals surface area contributed by atoms with Crippen LogP contribution in [0.5, 0.6) is 5.75 Å². The van der Waals surface area contributed by atoms with Crippen molar-refractivity contribution in [2.75, 3.05) is 45.2 Å². The Kier molecular flexibility index (Phi) is 8.99. The van der Waals surface area contributed by atoms with Crippen LogP contribution in [0.1, 0.15) is 55.3 Å². The average molecular weight is 482 g/mol. The van der Waals surface area contributed by atoms with Crippen LogP contribution in [-0.4, -0.2) is 67.0 Å². The smallest absolute Gasteiger partial charge is 0.304 e. The van der Waals surface area contributed by atoms with Gasteiger partial charge in [-0.05, 0) is 80.8 Å². The Bertz CT molecular complexity index is 982. The Hall–Kier alpha value is -2.64. The molecule has 7 nitrogen and oxygen atoms in total. The van der Waals surface area contributed by atoms with Crippen LogP contribution in [0.25, 0.3) is 0 Å². The SMILES string of the molecule is COC[C@@H](C)Oc1cccc(C(CC(=O)O)CN2CC[C@@H](CCc3ccc4c(n3)NCCC4)C2)c1. The molecular formula is C28H39N3O4. The first kappa shape index (κ1) is 25.5. The van der Waals surface area contributed by atoms with Crippen molar-refractivity contribution in [3.05, 3.63) is 53.2 Å². The molecule has 1 aromatic heterocycles. The summed E-state index contributed by atoms with van der Waals surface area (Å²) in [5.74, 6) is 1.61. The molecule has 3 heterocycles. The van der Waals surface area contributed by atoms with E-state index in [0.717, 1.165) is 69.0 Å². The molecule has 2 aliphatic rings. The van der Waals surface area contributed by atoms with Gasteiger partial charge in [0.05, 0.1) is 13.0 Å². The van der Waals surface area contributed by atoms with Crippen molar-refractivity contribution in [2.45, 2.75) is 57.5 Å². The van der Waals surface area contributed by atoms with Crippen molar-refractivity contribution in [3.8, 4) is 5.75 Å². The van der Waals surface area contributed by atoms with Crippen LogP contribution in [0.4, 0.5) is 5.82 Å². The molecular weight excluding hydrogens is 442 g/mol. The fourth-order valence-corrected chi connectivity index (χ4v) is 5.33. The number of methoxy groups -OCH3 is 1. The number of anilines is 1. The molecule has 2 aromatic rings. The first-order valence-electron chi connectivity index (χ1n) is 12.9. The fourth-order valence-electron chi connectivity index (χ4n) is 5.33. The number of nitrogens with zero attached hydrogens (tertiary/aromatic N) is 2. The van der Waals surface area contributed by atoms with Gasteiger partial charge in [-0.15, -0.1) is 0 Å². The molecule has 1 saturated heterocycles. The van der Waals surface area contributed by atoms with Crippen molar-refractivity contribution >= 4 is 11.8 Å². The molecule has 0 radical (unpaired) electrons. The molecule has 0 spiro atoms. The highest BCUT2D eigenvalue weighted by Crippen LogP contribution is 2.29. The molecule has 35 heavy (non-hydrogen) atoms. The summed E-state index contributed by atoms with van der Waals surface area (Å²) < 4.78 is 11.1. The molecule has 190 valence electrons. The molecule has 4 rings (SSSR count). The van der Waals surface area contributed by atoms with E-state index in [-0.39, 0.29) is 18.4 Å². The van der Waals surface area contributed by atoms with E-state index in [2.05, 4.69) is 22.3 Å². The third kappa shape index (κ3) is 7.42. The second-order valence-electron chi connectivity index (χ2n) is 10.0. The van der Waals surface area contributed by atoms with Crippen LogP contribution in [0.3, 0.4) is 0 Å². The molecule has 1 fully saturated rings. The monoisotopic (exact) mass is 481 g/mol. The summed E-state index contributed by atoms with van der Waals surface area (Å²) in [4.78, 5) is 18.9. The van der Waals surface area contributed by atoms with E-state index in [1.54, 1.807) is 7.11 Å². The fraction of sp³-hybridized carbons (Fsp3) is 0.571. The summed E-state index contributed by atoms with van der Waals surface area (Å²) in [7, 11) is 1.66. The van der Waals surface area contributed by atoms with Crippen molar-refractivity contribution in [1.82, 2.24) is 9.88 Å². The number of hydrogen-bond acceptors (Lipinski definition) is 6. The number of pyridine rings is 1. The average Bonchev–Trinajstić information content (AvgIpc) is 3.29. The zero-order valence-electron chi connectivity index (χ0n) is 21.0. The van der Waals surface area contributed by atoms with Gasteiger partial charge in [-0.1, -0.05) is 18.2 Å². The van der Waals surface area contributed by atoms with Crippen LogP contribution < -0.4 is 10.1 Å². The normalized spacial score (nSPS) is 19.5. The lowest BCUT2D eigenvalue weighted by Gasteiger charge is -2.24. The Labute approximate surface area is 208 Å². The van der Waals surface area contributed by atoms with Crippen LogP contribution in [-0.2, 0) is 22.4 Å². The van der Waals surface area contributed by atoms with Gasteiger partial charge in [0.2, 0.25) is 0 Å². The van der Waals surface area contributed by atoms with Gasteiger partial charge in [0.1, 0.15) is 17.7 Å². The van der Waals surface area contributed by atoms with Gasteiger partial charge >= 0.3 is 5.97 Å². The minimum Gasteiger partial charge on any atom is -0.488 e. The number of hydrogen-bond donors (Lipinski definition) is 2. The molecule has 1 aromatic carbocycles. The zero-order valence-corrected chi connectivity index (χ0v) is 21.0. The van der Waals surface area contributed by atoms with Crippen molar-refractivity contribution in [2.24, 2.45) is 5.92 Å². The number of benzene rings is 1. The van der Waals surface area contributed by atoms with Crippen LogP contribution in [0.15, 0.2) is 36.4 Å². The van der Waals surface area contributed by atoms with Crippen molar-refractivity contribution in [1.29, 1.82) is 0 Å². The van der Waals surface area contributed by atoms with Crippen LogP contribution in [0.2, 0.25) is 0 Å². The quantitative estimate of drug-likeness (QED) is 0.466. The minimum atomic E-state index is -0.767. The van der Waals surface area contributed by atoms with E-state index in [0.29, 0.717) is 12.5 Å². The maximum absolute atomic E-state index is 11.7. The van der Waals surface area contributed by atoms with Gasteiger partial charge < -0.3 is 24.8 Å². The second-order valence-corrected chi connectivity index (χ2v) is 10.0. The number of fused-ring (bicyclic) bond motifs is 1. The molecule has 3 atom stereocenters. The number of aromatic nitrogens is 1. The predicted molar refractivity (Wildman–Crippen MR) is 137 cm³/mol. The van der Waals surface area contributed by atoms with Gasteiger partial charge in [0.15, 0.2) is 0 Å². The lowest BCUT2D eigenvalue weighted by atomic mass is 9.94. The number of aliphatic carboxylic acids is 1. The third-order valence-electron chi connectivity index (χ3n) is 7.10. The number of ether oxygens (including phenoxy) is 2. The number of carboxylic acid groups (broad SMARTS) is 1. The first-order valence-corrected chi connectivity index (χ1v) is 12.9. The maximum Gasteiger partial charge on any atom is 0.304 e. The number of aryl methyl sites for hydroxylation is 2.